The Balaban J connectivity index is 2.39. The van der Waals surface area contributed by atoms with Gasteiger partial charge in [-0.05, 0) is 40.0 Å². The molecule has 0 aromatic heterocycles. The molecule has 0 heterocycles. The van der Waals surface area contributed by atoms with Crippen LogP contribution in [-0.2, 0) is 0 Å². The highest BCUT2D eigenvalue weighted by Gasteiger charge is 2.16. The molecule has 1 aliphatic rings. The minimum Gasteiger partial charge on any atom is -0.289 e. The first-order valence-corrected chi connectivity index (χ1v) is 5.53. The molecule has 76 valence electrons. The Morgan fingerprint density at radius 3 is 2.23 bits per heavy atom. The van der Waals surface area contributed by atoms with E-state index in [1.165, 1.54) is 37.8 Å². The first kappa shape index (κ1) is 10.7. The summed E-state index contributed by atoms with van der Waals surface area (Å²) in [6.07, 6.45) is 6.96. The topological polar surface area (TPSA) is 12.4 Å². The van der Waals surface area contributed by atoms with Gasteiger partial charge < -0.3 is 0 Å². The summed E-state index contributed by atoms with van der Waals surface area (Å²) in [6.45, 7) is 8.70. The van der Waals surface area contributed by atoms with E-state index in [-0.39, 0.29) is 5.54 Å². The average Bonchev–Trinajstić information content (AvgIpc) is 2.34. The molecule has 1 rings (SSSR count). The molecule has 0 radical (unpaired) electrons. The zero-order valence-corrected chi connectivity index (χ0v) is 9.56. The van der Waals surface area contributed by atoms with E-state index in [2.05, 4.69) is 32.7 Å². The average molecular weight is 181 g/mol. The molecular weight excluding hydrogens is 158 g/mol. The van der Waals surface area contributed by atoms with Crippen LogP contribution >= 0.6 is 0 Å². The Kier molecular flexibility index (Phi) is 3.52. The maximum absolute atomic E-state index is 4.69. The lowest BCUT2D eigenvalue weighted by Crippen LogP contribution is -2.14. The molecule has 13 heavy (non-hydrogen) atoms. The van der Waals surface area contributed by atoms with Crippen LogP contribution in [0.15, 0.2) is 4.99 Å². The lowest BCUT2D eigenvalue weighted by Gasteiger charge is -2.16. The molecule has 1 nitrogen and oxygen atoms in total. The van der Waals surface area contributed by atoms with E-state index in [4.69, 9.17) is 0 Å². The largest absolute Gasteiger partial charge is 0.289 e. The summed E-state index contributed by atoms with van der Waals surface area (Å²) in [7, 11) is 0. The molecule has 0 aliphatic heterocycles. The van der Waals surface area contributed by atoms with Crippen molar-refractivity contribution in [1.29, 1.82) is 0 Å². The van der Waals surface area contributed by atoms with E-state index in [1.807, 2.05) is 0 Å². The SMILES string of the molecule is CC(CC1CCCC1)=NC(C)(C)C. The zero-order chi connectivity index (χ0) is 9.90. The Morgan fingerprint density at radius 1 is 1.23 bits per heavy atom. The number of nitrogens with zero attached hydrogens (tertiary/aromatic N) is 1. The van der Waals surface area contributed by atoms with Gasteiger partial charge >= 0.3 is 0 Å². The minimum atomic E-state index is 0.114. The molecule has 0 spiro atoms. The van der Waals surface area contributed by atoms with Crippen molar-refractivity contribution < 1.29 is 0 Å². The van der Waals surface area contributed by atoms with E-state index >= 15 is 0 Å². The fourth-order valence-corrected chi connectivity index (χ4v) is 2.25. The highest BCUT2D eigenvalue weighted by molar-refractivity contribution is 5.82. The second kappa shape index (κ2) is 4.26. The third-order valence-corrected chi connectivity index (χ3v) is 2.59. The summed E-state index contributed by atoms with van der Waals surface area (Å²) in [5.74, 6) is 0.936. The third kappa shape index (κ3) is 4.44. The smallest absolute Gasteiger partial charge is 0.0523 e. The molecule has 1 heteroatoms. The van der Waals surface area contributed by atoms with Gasteiger partial charge in [0.2, 0.25) is 0 Å². The van der Waals surface area contributed by atoms with Crippen molar-refractivity contribution in [3.63, 3.8) is 0 Å². The standard InChI is InChI=1S/C12H23N/c1-10(13-12(2,3)4)9-11-7-5-6-8-11/h11H,5-9H2,1-4H3. The fraction of sp³-hybridized carbons (Fsp3) is 0.917. The normalized spacial score (nSPS) is 21.1. The highest BCUT2D eigenvalue weighted by Crippen LogP contribution is 2.28. The molecule has 0 N–H and O–H groups in total. The van der Waals surface area contributed by atoms with Gasteiger partial charge in [0.25, 0.3) is 0 Å². The Hall–Kier alpha value is -0.330. The van der Waals surface area contributed by atoms with Gasteiger partial charge in [-0.25, -0.2) is 0 Å². The second-order valence-electron chi connectivity index (χ2n) is 5.37. The van der Waals surface area contributed by atoms with Crippen LogP contribution in [-0.4, -0.2) is 11.3 Å². The summed E-state index contributed by atoms with van der Waals surface area (Å²) in [6, 6.07) is 0. The second-order valence-corrected chi connectivity index (χ2v) is 5.37. The van der Waals surface area contributed by atoms with Gasteiger partial charge in [0.15, 0.2) is 0 Å². The van der Waals surface area contributed by atoms with Crippen LogP contribution in [0.4, 0.5) is 0 Å². The van der Waals surface area contributed by atoms with Gasteiger partial charge in [0.05, 0.1) is 5.54 Å². The number of hydrogen-bond donors (Lipinski definition) is 0. The Bertz CT molecular complexity index is 180. The molecule has 1 saturated carbocycles. The Labute approximate surface area is 82.6 Å². The van der Waals surface area contributed by atoms with E-state index in [1.54, 1.807) is 0 Å². The van der Waals surface area contributed by atoms with Crippen LogP contribution in [0.1, 0.15) is 59.8 Å². The van der Waals surface area contributed by atoms with Crippen molar-refractivity contribution in [2.75, 3.05) is 0 Å². The van der Waals surface area contributed by atoms with Crippen molar-refractivity contribution in [1.82, 2.24) is 0 Å². The molecule has 0 atom stereocenters. The van der Waals surface area contributed by atoms with Gasteiger partial charge in [-0.15, -0.1) is 0 Å². The monoisotopic (exact) mass is 181 g/mol. The number of aliphatic imine (C=N–C) groups is 1. The maximum atomic E-state index is 4.69. The van der Waals surface area contributed by atoms with E-state index in [9.17, 15) is 0 Å². The predicted molar refractivity (Wildman–Crippen MR) is 59.4 cm³/mol. The van der Waals surface area contributed by atoms with Crippen LogP contribution in [0.3, 0.4) is 0 Å². The van der Waals surface area contributed by atoms with Crippen molar-refractivity contribution in [3.8, 4) is 0 Å². The maximum Gasteiger partial charge on any atom is 0.0523 e. The molecule has 0 saturated heterocycles. The third-order valence-electron chi connectivity index (χ3n) is 2.59. The molecular formula is C12H23N. The van der Waals surface area contributed by atoms with Gasteiger partial charge in [0.1, 0.15) is 0 Å². The minimum absolute atomic E-state index is 0.114. The highest BCUT2D eigenvalue weighted by atomic mass is 14.8. The van der Waals surface area contributed by atoms with Gasteiger partial charge in [-0.3, -0.25) is 4.99 Å². The fourth-order valence-electron chi connectivity index (χ4n) is 2.25. The Morgan fingerprint density at radius 2 is 1.77 bits per heavy atom. The summed E-state index contributed by atoms with van der Waals surface area (Å²) in [4.78, 5) is 4.69. The lowest BCUT2D eigenvalue weighted by molar-refractivity contribution is 0.550. The van der Waals surface area contributed by atoms with Crippen molar-refractivity contribution in [2.45, 2.75) is 65.3 Å². The van der Waals surface area contributed by atoms with Gasteiger partial charge in [-0.1, -0.05) is 25.7 Å². The summed E-state index contributed by atoms with van der Waals surface area (Å²) >= 11 is 0. The van der Waals surface area contributed by atoms with Crippen molar-refractivity contribution >= 4 is 5.71 Å². The predicted octanol–water partition coefficient (Wildman–Crippen LogP) is 3.83. The zero-order valence-electron chi connectivity index (χ0n) is 9.56. The van der Waals surface area contributed by atoms with Crippen LogP contribution in [0.5, 0.6) is 0 Å². The molecule has 0 bridgehead atoms. The molecule has 0 amide bonds. The summed E-state index contributed by atoms with van der Waals surface area (Å²) < 4.78 is 0. The first-order valence-electron chi connectivity index (χ1n) is 5.53. The molecule has 1 aliphatic carbocycles. The van der Waals surface area contributed by atoms with Crippen LogP contribution < -0.4 is 0 Å². The van der Waals surface area contributed by atoms with E-state index in [0.717, 1.165) is 5.92 Å². The van der Waals surface area contributed by atoms with Crippen LogP contribution in [0, 0.1) is 5.92 Å². The number of rotatable bonds is 2. The summed E-state index contributed by atoms with van der Waals surface area (Å²) in [5, 5.41) is 0. The molecule has 0 unspecified atom stereocenters. The van der Waals surface area contributed by atoms with Gasteiger partial charge in [0, 0.05) is 5.71 Å². The first-order chi connectivity index (χ1) is 5.97. The van der Waals surface area contributed by atoms with Crippen molar-refractivity contribution in [2.24, 2.45) is 10.9 Å². The van der Waals surface area contributed by atoms with Crippen molar-refractivity contribution in [3.05, 3.63) is 0 Å². The van der Waals surface area contributed by atoms with E-state index < -0.39 is 0 Å². The van der Waals surface area contributed by atoms with Crippen LogP contribution in [0.25, 0.3) is 0 Å². The quantitative estimate of drug-likeness (QED) is 0.574. The molecule has 0 aromatic carbocycles. The molecule has 1 fully saturated rings. The number of hydrogen-bond acceptors (Lipinski definition) is 1. The lowest BCUT2D eigenvalue weighted by atomic mass is 10.0. The summed E-state index contributed by atoms with van der Waals surface area (Å²) in [5.41, 5.74) is 1.46. The van der Waals surface area contributed by atoms with Gasteiger partial charge in [-0.2, -0.15) is 0 Å². The molecule has 0 aromatic rings. The van der Waals surface area contributed by atoms with E-state index in [0.29, 0.717) is 0 Å². The van der Waals surface area contributed by atoms with Crippen LogP contribution in [0.2, 0.25) is 0 Å².